The number of carbonyl (C=O) groups excluding carboxylic acids is 2. The fraction of sp³-hybridized carbons (Fsp3) is 0.360. The second-order valence-electron chi connectivity index (χ2n) is 8.27. The molecule has 172 valence electrons. The summed E-state index contributed by atoms with van der Waals surface area (Å²) < 4.78 is 21.5. The molecule has 1 aromatic heterocycles. The molecule has 3 heterocycles. The number of ether oxygens (including phenoxy) is 4. The maximum atomic E-state index is 13.5. The lowest BCUT2D eigenvalue weighted by molar-refractivity contribution is -0.140. The zero-order chi connectivity index (χ0) is 22.9. The second kappa shape index (κ2) is 9.03. The monoisotopic (exact) mass is 467 g/mol. The van der Waals surface area contributed by atoms with Crippen LogP contribution in [0.3, 0.4) is 0 Å². The summed E-state index contributed by atoms with van der Waals surface area (Å²) in [4.78, 5) is 27.9. The van der Waals surface area contributed by atoms with Gasteiger partial charge in [0.25, 0.3) is 0 Å². The Kier molecular flexibility index (Phi) is 5.95. The van der Waals surface area contributed by atoms with Crippen LogP contribution in [0.2, 0.25) is 0 Å². The van der Waals surface area contributed by atoms with Crippen molar-refractivity contribution in [3.05, 3.63) is 68.7 Å². The first-order valence-corrected chi connectivity index (χ1v) is 11.8. The fourth-order valence-corrected chi connectivity index (χ4v) is 5.59. The number of hydrogen-bond acceptors (Lipinski definition) is 8. The zero-order valence-electron chi connectivity index (χ0n) is 18.5. The molecule has 1 aromatic carbocycles. The van der Waals surface area contributed by atoms with Crippen LogP contribution in [0.15, 0.2) is 58.3 Å². The second-order valence-corrected chi connectivity index (χ2v) is 9.25. The molecule has 2 aromatic rings. The Bertz CT molecular complexity index is 1150. The van der Waals surface area contributed by atoms with Gasteiger partial charge in [-0.1, -0.05) is 12.1 Å². The number of rotatable bonds is 6. The predicted molar refractivity (Wildman–Crippen MR) is 122 cm³/mol. The van der Waals surface area contributed by atoms with Crippen molar-refractivity contribution >= 4 is 23.1 Å². The molecule has 8 heteroatoms. The summed E-state index contributed by atoms with van der Waals surface area (Å²) in [6.45, 7) is 2.45. The van der Waals surface area contributed by atoms with Crippen LogP contribution in [0.4, 0.5) is 0 Å². The maximum Gasteiger partial charge on any atom is 0.336 e. The highest BCUT2D eigenvalue weighted by Crippen LogP contribution is 2.47. The van der Waals surface area contributed by atoms with Gasteiger partial charge in [0.1, 0.15) is 6.61 Å². The van der Waals surface area contributed by atoms with Crippen molar-refractivity contribution in [1.82, 2.24) is 5.32 Å². The highest BCUT2D eigenvalue weighted by molar-refractivity contribution is 7.10. The van der Waals surface area contributed by atoms with Crippen LogP contribution in [0.1, 0.15) is 42.0 Å². The summed E-state index contributed by atoms with van der Waals surface area (Å²) in [5.41, 5.74) is 3.43. The van der Waals surface area contributed by atoms with E-state index in [4.69, 9.17) is 18.9 Å². The number of allylic oxidation sites excluding steroid dienone is 3. The summed E-state index contributed by atoms with van der Waals surface area (Å²) in [6.07, 6.45) is 1.12. The summed E-state index contributed by atoms with van der Waals surface area (Å²) in [5.74, 6) is 0.433. The van der Waals surface area contributed by atoms with E-state index in [1.54, 1.807) is 18.4 Å². The third kappa shape index (κ3) is 4.05. The molecule has 1 N–H and O–H groups in total. The topological polar surface area (TPSA) is 83.1 Å². The van der Waals surface area contributed by atoms with Gasteiger partial charge in [-0.25, -0.2) is 4.79 Å². The lowest BCUT2D eigenvalue weighted by Crippen LogP contribution is -2.36. The van der Waals surface area contributed by atoms with Crippen molar-refractivity contribution in [1.29, 1.82) is 0 Å². The van der Waals surface area contributed by atoms with Crippen molar-refractivity contribution in [2.75, 3.05) is 27.1 Å². The van der Waals surface area contributed by atoms with Crippen LogP contribution in [-0.4, -0.2) is 38.9 Å². The minimum absolute atomic E-state index is 0.0412. The molecule has 0 saturated heterocycles. The Balaban J connectivity index is 1.56. The number of nitrogens with one attached hydrogen (secondary N) is 1. The third-order valence-electron chi connectivity index (χ3n) is 6.24. The zero-order valence-corrected chi connectivity index (χ0v) is 19.3. The summed E-state index contributed by atoms with van der Waals surface area (Å²) >= 11 is 1.67. The number of Topliss-reactive ketones (excluding diaryl/α,β-unsaturated/α-hetero) is 1. The van der Waals surface area contributed by atoms with Gasteiger partial charge < -0.3 is 24.3 Å². The molecule has 0 amide bonds. The van der Waals surface area contributed by atoms with E-state index in [9.17, 15) is 9.59 Å². The quantitative estimate of drug-likeness (QED) is 0.507. The first-order valence-electron chi connectivity index (χ1n) is 10.9. The first-order chi connectivity index (χ1) is 16.1. The van der Waals surface area contributed by atoms with E-state index in [0.717, 1.165) is 11.3 Å². The molecule has 33 heavy (non-hydrogen) atoms. The van der Waals surface area contributed by atoms with E-state index in [0.29, 0.717) is 47.8 Å². The Labute approximate surface area is 196 Å². The van der Waals surface area contributed by atoms with Crippen molar-refractivity contribution < 1.29 is 28.5 Å². The predicted octanol–water partition coefficient (Wildman–Crippen LogP) is 4.03. The lowest BCUT2D eigenvalue weighted by atomic mass is 9.72. The Morgan fingerprint density at radius 2 is 2.03 bits per heavy atom. The van der Waals surface area contributed by atoms with Gasteiger partial charge in [0.15, 0.2) is 17.3 Å². The standard InChI is InChI=1S/C25H25NO6S/c1-14-22(25(28)30-8-7-29-2)23(15-5-6-19-20(12-15)32-13-31-19)24-17(26-14)10-16(11-18(24)27)21-4-3-9-33-21/h3-6,9,12,16,23,26H,7-8,10-11,13H2,1-2H3/t16-,23-/m1/s1. The molecule has 3 aliphatic rings. The molecule has 2 aliphatic heterocycles. The fourth-order valence-electron chi connectivity index (χ4n) is 4.76. The van der Waals surface area contributed by atoms with Gasteiger partial charge in [-0.3, -0.25) is 4.79 Å². The van der Waals surface area contributed by atoms with Crippen molar-refractivity contribution in [3.63, 3.8) is 0 Å². The molecule has 0 spiro atoms. The van der Waals surface area contributed by atoms with E-state index in [-0.39, 0.29) is 25.1 Å². The Morgan fingerprint density at radius 1 is 1.18 bits per heavy atom. The van der Waals surface area contributed by atoms with Crippen LogP contribution in [0, 0.1) is 0 Å². The summed E-state index contributed by atoms with van der Waals surface area (Å²) in [5, 5.41) is 5.40. The number of dihydropyridines is 1. The smallest absolute Gasteiger partial charge is 0.336 e. The average molecular weight is 468 g/mol. The number of fused-ring (bicyclic) bond motifs is 1. The molecule has 0 radical (unpaired) electrons. The lowest BCUT2D eigenvalue weighted by Gasteiger charge is -2.36. The minimum Gasteiger partial charge on any atom is -0.460 e. The van der Waals surface area contributed by atoms with Crippen LogP contribution in [0.5, 0.6) is 11.5 Å². The first kappa shape index (κ1) is 21.7. The number of esters is 1. The number of hydrogen-bond donors (Lipinski definition) is 1. The van der Waals surface area contributed by atoms with Gasteiger partial charge in [0.05, 0.1) is 12.2 Å². The third-order valence-corrected chi connectivity index (χ3v) is 7.28. The number of carbonyl (C=O) groups is 2. The van der Waals surface area contributed by atoms with Gasteiger partial charge in [-0.2, -0.15) is 0 Å². The van der Waals surface area contributed by atoms with Gasteiger partial charge in [0.2, 0.25) is 6.79 Å². The van der Waals surface area contributed by atoms with Gasteiger partial charge in [-0.15, -0.1) is 11.3 Å². The molecule has 1 aliphatic carbocycles. The molecular weight excluding hydrogens is 442 g/mol. The van der Waals surface area contributed by atoms with Crippen LogP contribution >= 0.6 is 11.3 Å². The minimum atomic E-state index is -0.539. The summed E-state index contributed by atoms with van der Waals surface area (Å²) in [7, 11) is 1.55. The molecule has 0 unspecified atom stereocenters. The molecule has 0 saturated carbocycles. The molecule has 5 rings (SSSR count). The molecule has 2 atom stereocenters. The normalized spacial score (nSPS) is 21.7. The molecular formula is C25H25NO6S. The number of thiophene rings is 1. The SMILES string of the molecule is COCCOC(=O)C1=C(C)NC2=C(C(=O)C[C@H](c3cccs3)C2)[C@@H]1c1ccc2c(c1)OCO2. The maximum absolute atomic E-state index is 13.5. The van der Waals surface area contributed by atoms with Gasteiger partial charge in [0, 0.05) is 47.2 Å². The molecule has 0 fully saturated rings. The van der Waals surface area contributed by atoms with E-state index < -0.39 is 11.9 Å². The van der Waals surface area contributed by atoms with Crippen molar-refractivity contribution in [2.45, 2.75) is 31.6 Å². The largest absolute Gasteiger partial charge is 0.460 e. The average Bonchev–Trinajstić information content (AvgIpc) is 3.49. The van der Waals surface area contributed by atoms with Crippen LogP contribution < -0.4 is 14.8 Å². The Morgan fingerprint density at radius 3 is 2.82 bits per heavy atom. The highest BCUT2D eigenvalue weighted by atomic mass is 32.1. The van der Waals surface area contributed by atoms with Crippen LogP contribution in [-0.2, 0) is 19.1 Å². The number of ketones is 1. The van der Waals surface area contributed by atoms with Gasteiger partial charge in [-0.05, 0) is 42.5 Å². The Hall–Kier alpha value is -3.10. The number of methoxy groups -OCH3 is 1. The van der Waals surface area contributed by atoms with E-state index in [1.165, 1.54) is 4.88 Å². The molecule has 0 bridgehead atoms. The van der Waals surface area contributed by atoms with E-state index in [2.05, 4.69) is 11.4 Å². The van der Waals surface area contributed by atoms with Crippen LogP contribution in [0.25, 0.3) is 0 Å². The van der Waals surface area contributed by atoms with Crippen molar-refractivity contribution in [2.24, 2.45) is 0 Å². The van der Waals surface area contributed by atoms with Crippen molar-refractivity contribution in [3.8, 4) is 11.5 Å². The van der Waals surface area contributed by atoms with Gasteiger partial charge >= 0.3 is 5.97 Å². The number of benzene rings is 1. The van der Waals surface area contributed by atoms with E-state index >= 15 is 0 Å². The summed E-state index contributed by atoms with van der Waals surface area (Å²) in [6, 6.07) is 9.66. The highest BCUT2D eigenvalue weighted by Gasteiger charge is 2.42. The molecule has 7 nitrogen and oxygen atoms in total. The van der Waals surface area contributed by atoms with E-state index in [1.807, 2.05) is 36.6 Å².